The van der Waals surface area contributed by atoms with Gasteiger partial charge in [0.15, 0.2) is 0 Å². The Morgan fingerprint density at radius 1 is 1.71 bits per heavy atom. The zero-order valence-electron chi connectivity index (χ0n) is 8.45. The molecule has 1 aliphatic heterocycles. The molecule has 14 heavy (non-hydrogen) atoms. The second-order valence-electron chi connectivity index (χ2n) is 3.68. The molecule has 1 rings (SSSR count). The van der Waals surface area contributed by atoms with E-state index in [4.69, 9.17) is 5.73 Å². The normalized spacial score (nSPS) is 22.5. The van der Waals surface area contributed by atoms with Crippen LogP contribution >= 0.6 is 0 Å². The van der Waals surface area contributed by atoms with E-state index >= 15 is 0 Å². The molecule has 1 aliphatic rings. The quantitative estimate of drug-likeness (QED) is 0.614. The zero-order valence-corrected chi connectivity index (χ0v) is 8.45. The molecule has 0 radical (unpaired) electrons. The maximum absolute atomic E-state index is 11.1. The Balaban J connectivity index is 2.20. The number of carbonyl (C=O) groups excluding carboxylic acids is 2. The fourth-order valence-corrected chi connectivity index (χ4v) is 1.58. The maximum atomic E-state index is 11.1. The van der Waals surface area contributed by atoms with Crippen molar-refractivity contribution < 1.29 is 9.59 Å². The molecule has 0 aliphatic carbocycles. The van der Waals surface area contributed by atoms with E-state index in [0.29, 0.717) is 25.4 Å². The maximum Gasteiger partial charge on any atom is 0.222 e. The van der Waals surface area contributed by atoms with Crippen LogP contribution in [0.2, 0.25) is 0 Å². The number of nitrogens with zero attached hydrogens (tertiary/aromatic N) is 1. The molecule has 0 aromatic rings. The van der Waals surface area contributed by atoms with Gasteiger partial charge in [-0.25, -0.2) is 0 Å². The number of amides is 2. The highest BCUT2D eigenvalue weighted by Gasteiger charge is 2.21. The standard InChI is InChI=1S/C9H17N3O2/c1-12-6-7(2-3-9(12)14)11-5-4-8(10)13/h7,11H,2-6H2,1H3,(H2,10,13). The molecular weight excluding hydrogens is 182 g/mol. The van der Waals surface area contributed by atoms with Crippen LogP contribution in [0.5, 0.6) is 0 Å². The van der Waals surface area contributed by atoms with Crippen LogP contribution in [0.3, 0.4) is 0 Å². The van der Waals surface area contributed by atoms with Gasteiger partial charge < -0.3 is 16.0 Å². The van der Waals surface area contributed by atoms with Gasteiger partial charge in [0, 0.05) is 39.0 Å². The number of rotatable bonds is 4. The van der Waals surface area contributed by atoms with Crippen molar-refractivity contribution in [3.8, 4) is 0 Å². The van der Waals surface area contributed by atoms with E-state index in [1.165, 1.54) is 0 Å². The number of hydrogen-bond donors (Lipinski definition) is 2. The molecule has 1 saturated heterocycles. The van der Waals surface area contributed by atoms with Gasteiger partial charge in [0.2, 0.25) is 11.8 Å². The lowest BCUT2D eigenvalue weighted by Crippen LogP contribution is -2.47. The molecule has 0 bridgehead atoms. The minimum atomic E-state index is -0.294. The molecule has 0 aromatic heterocycles. The Labute approximate surface area is 83.6 Å². The summed E-state index contributed by atoms with van der Waals surface area (Å²) in [5.74, 6) is -0.101. The molecule has 0 saturated carbocycles. The van der Waals surface area contributed by atoms with Gasteiger partial charge in [-0.05, 0) is 6.42 Å². The van der Waals surface area contributed by atoms with Gasteiger partial charge in [0.25, 0.3) is 0 Å². The molecule has 0 spiro atoms. The summed E-state index contributed by atoms with van der Waals surface area (Å²) in [5, 5.41) is 3.21. The van der Waals surface area contributed by atoms with Gasteiger partial charge >= 0.3 is 0 Å². The van der Waals surface area contributed by atoms with Gasteiger partial charge in [-0.15, -0.1) is 0 Å². The average Bonchev–Trinajstić information content (AvgIpc) is 2.10. The average molecular weight is 199 g/mol. The van der Waals surface area contributed by atoms with Crippen LogP contribution < -0.4 is 11.1 Å². The Morgan fingerprint density at radius 3 is 3.00 bits per heavy atom. The molecule has 5 heteroatoms. The topological polar surface area (TPSA) is 75.4 Å². The smallest absolute Gasteiger partial charge is 0.222 e. The fourth-order valence-electron chi connectivity index (χ4n) is 1.58. The molecular formula is C9H17N3O2. The van der Waals surface area contributed by atoms with Crippen molar-refractivity contribution >= 4 is 11.8 Å². The summed E-state index contributed by atoms with van der Waals surface area (Å²) in [6.45, 7) is 1.32. The first-order chi connectivity index (χ1) is 6.59. The van der Waals surface area contributed by atoms with Crippen molar-refractivity contribution in [2.24, 2.45) is 5.73 Å². The SMILES string of the molecule is CN1CC(NCCC(N)=O)CCC1=O. The Bertz CT molecular complexity index is 230. The highest BCUT2D eigenvalue weighted by atomic mass is 16.2. The predicted octanol–water partition coefficient (Wildman–Crippen LogP) is -0.928. The summed E-state index contributed by atoms with van der Waals surface area (Å²) in [6.07, 6.45) is 1.79. The summed E-state index contributed by atoms with van der Waals surface area (Å²) in [4.78, 5) is 23.3. The van der Waals surface area contributed by atoms with Crippen LogP contribution in [-0.2, 0) is 9.59 Å². The molecule has 80 valence electrons. The zero-order chi connectivity index (χ0) is 10.6. The number of likely N-dealkylation sites (N-methyl/N-ethyl adjacent to an activating group) is 1. The monoisotopic (exact) mass is 199 g/mol. The molecule has 3 N–H and O–H groups in total. The highest BCUT2D eigenvalue weighted by Crippen LogP contribution is 2.09. The number of carbonyl (C=O) groups is 2. The first-order valence-electron chi connectivity index (χ1n) is 4.85. The molecule has 0 aromatic carbocycles. The third-order valence-electron chi connectivity index (χ3n) is 2.43. The van der Waals surface area contributed by atoms with Crippen molar-refractivity contribution in [2.75, 3.05) is 20.1 Å². The van der Waals surface area contributed by atoms with E-state index in [0.717, 1.165) is 13.0 Å². The van der Waals surface area contributed by atoms with E-state index in [1.807, 2.05) is 0 Å². The van der Waals surface area contributed by atoms with E-state index < -0.39 is 0 Å². The van der Waals surface area contributed by atoms with E-state index in [-0.39, 0.29) is 11.8 Å². The molecule has 1 fully saturated rings. The highest BCUT2D eigenvalue weighted by molar-refractivity contribution is 5.76. The van der Waals surface area contributed by atoms with E-state index in [2.05, 4.69) is 5.32 Å². The van der Waals surface area contributed by atoms with E-state index in [9.17, 15) is 9.59 Å². The largest absolute Gasteiger partial charge is 0.370 e. The molecule has 5 nitrogen and oxygen atoms in total. The van der Waals surface area contributed by atoms with Gasteiger partial charge in [0.1, 0.15) is 0 Å². The second-order valence-corrected chi connectivity index (χ2v) is 3.68. The van der Waals surface area contributed by atoms with E-state index in [1.54, 1.807) is 11.9 Å². The summed E-state index contributed by atoms with van der Waals surface area (Å²) >= 11 is 0. The third-order valence-corrected chi connectivity index (χ3v) is 2.43. The Kier molecular flexibility index (Phi) is 3.88. The van der Waals surface area contributed by atoms with Crippen LogP contribution in [0.15, 0.2) is 0 Å². The van der Waals surface area contributed by atoms with Crippen molar-refractivity contribution in [1.29, 1.82) is 0 Å². The number of primary amides is 1. The number of likely N-dealkylation sites (tertiary alicyclic amines) is 1. The molecule has 1 atom stereocenters. The molecule has 1 heterocycles. The fraction of sp³-hybridized carbons (Fsp3) is 0.778. The van der Waals surface area contributed by atoms with Crippen molar-refractivity contribution in [1.82, 2.24) is 10.2 Å². The summed E-state index contributed by atoms with van der Waals surface area (Å²) < 4.78 is 0. The first-order valence-corrected chi connectivity index (χ1v) is 4.85. The lowest BCUT2D eigenvalue weighted by Gasteiger charge is -2.30. The summed E-state index contributed by atoms with van der Waals surface area (Å²) in [5.41, 5.74) is 5.01. The van der Waals surface area contributed by atoms with Crippen LogP contribution in [0.4, 0.5) is 0 Å². The molecule has 2 amide bonds. The van der Waals surface area contributed by atoms with Crippen molar-refractivity contribution in [2.45, 2.75) is 25.3 Å². The predicted molar refractivity (Wildman–Crippen MR) is 52.5 cm³/mol. The first kappa shape index (κ1) is 11.0. The van der Waals surface area contributed by atoms with Crippen LogP contribution in [-0.4, -0.2) is 42.9 Å². The number of nitrogens with two attached hydrogens (primary N) is 1. The minimum Gasteiger partial charge on any atom is -0.370 e. The van der Waals surface area contributed by atoms with Crippen molar-refractivity contribution in [3.63, 3.8) is 0 Å². The minimum absolute atomic E-state index is 0.193. The molecule has 1 unspecified atom stereocenters. The van der Waals surface area contributed by atoms with Gasteiger partial charge in [-0.3, -0.25) is 9.59 Å². The lowest BCUT2D eigenvalue weighted by molar-refractivity contribution is -0.132. The lowest BCUT2D eigenvalue weighted by atomic mass is 10.1. The van der Waals surface area contributed by atoms with Gasteiger partial charge in [-0.1, -0.05) is 0 Å². The van der Waals surface area contributed by atoms with Crippen molar-refractivity contribution in [3.05, 3.63) is 0 Å². The number of nitrogens with one attached hydrogen (secondary N) is 1. The van der Waals surface area contributed by atoms with Crippen LogP contribution in [0, 0.1) is 0 Å². The van der Waals surface area contributed by atoms with Gasteiger partial charge in [0.05, 0.1) is 0 Å². The summed E-state index contributed by atoms with van der Waals surface area (Å²) in [7, 11) is 1.80. The third kappa shape index (κ3) is 3.33. The summed E-state index contributed by atoms with van der Waals surface area (Å²) in [6, 6.07) is 0.303. The Morgan fingerprint density at radius 2 is 2.43 bits per heavy atom. The number of hydrogen-bond acceptors (Lipinski definition) is 3. The second kappa shape index (κ2) is 4.95. The van der Waals surface area contributed by atoms with Crippen LogP contribution in [0.25, 0.3) is 0 Å². The van der Waals surface area contributed by atoms with Gasteiger partial charge in [-0.2, -0.15) is 0 Å². The van der Waals surface area contributed by atoms with Crippen LogP contribution in [0.1, 0.15) is 19.3 Å². The Hall–Kier alpha value is -1.10. The number of piperidine rings is 1.